The molecular weight excluding hydrogens is 409 g/mol. The number of methoxy groups -OCH3 is 1. The van der Waals surface area contributed by atoms with Gasteiger partial charge < -0.3 is 4.74 Å². The van der Waals surface area contributed by atoms with Crippen LogP contribution in [0, 0.1) is 5.82 Å². The Morgan fingerprint density at radius 3 is 2.56 bits per heavy atom. The highest BCUT2D eigenvalue weighted by Gasteiger charge is 2.19. The van der Waals surface area contributed by atoms with Crippen LogP contribution in [0.2, 0.25) is 0 Å². The lowest BCUT2D eigenvalue weighted by molar-refractivity contribution is 0.189. The number of halogens is 1. The van der Waals surface area contributed by atoms with Crippen LogP contribution in [0.1, 0.15) is 17.5 Å². The van der Waals surface area contributed by atoms with Crippen molar-refractivity contribution in [3.63, 3.8) is 0 Å². The van der Waals surface area contributed by atoms with Crippen molar-refractivity contribution in [1.29, 1.82) is 0 Å². The summed E-state index contributed by atoms with van der Waals surface area (Å²) in [4.78, 5) is 30.9. The first kappa shape index (κ1) is 21.6. The molecule has 0 amide bonds. The molecule has 0 N–H and O–H groups in total. The lowest BCUT2D eigenvalue weighted by Gasteiger charge is -2.16. The summed E-state index contributed by atoms with van der Waals surface area (Å²) in [6.07, 6.45) is 2.59. The summed E-state index contributed by atoms with van der Waals surface area (Å²) in [7, 11) is 3.19. The highest BCUT2D eigenvalue weighted by molar-refractivity contribution is 5.86. The van der Waals surface area contributed by atoms with Crippen molar-refractivity contribution in [2.75, 3.05) is 13.7 Å². The smallest absolute Gasteiger partial charge is 0.332 e. The first-order valence-electron chi connectivity index (χ1n) is 10.4. The van der Waals surface area contributed by atoms with Crippen LogP contribution < -0.4 is 11.2 Å². The van der Waals surface area contributed by atoms with E-state index in [-0.39, 0.29) is 12.4 Å². The molecule has 4 rings (SSSR count). The van der Waals surface area contributed by atoms with Gasteiger partial charge in [0.2, 0.25) is 0 Å². The monoisotopic (exact) mass is 433 g/mol. The predicted octanol–water partition coefficient (Wildman–Crippen LogP) is 3.53. The van der Waals surface area contributed by atoms with E-state index >= 15 is 0 Å². The van der Waals surface area contributed by atoms with Crippen LogP contribution in [0.3, 0.4) is 0 Å². The molecule has 164 valence electrons. The van der Waals surface area contributed by atoms with Crippen LogP contribution in [0.15, 0.2) is 70.4 Å². The van der Waals surface area contributed by atoms with Crippen molar-refractivity contribution in [3.8, 4) is 11.1 Å². The summed E-state index contributed by atoms with van der Waals surface area (Å²) in [6.45, 7) is 0.677. The minimum atomic E-state index is -0.421. The molecule has 2 aromatic heterocycles. The maximum atomic E-state index is 14.0. The summed E-state index contributed by atoms with van der Waals surface area (Å²) in [5, 5.41) is 0.370. The second-order valence-electron chi connectivity index (χ2n) is 7.67. The maximum absolute atomic E-state index is 14.0. The van der Waals surface area contributed by atoms with Crippen LogP contribution in [-0.2, 0) is 24.8 Å². The van der Waals surface area contributed by atoms with Crippen molar-refractivity contribution in [2.45, 2.75) is 19.4 Å². The van der Waals surface area contributed by atoms with Gasteiger partial charge >= 0.3 is 5.69 Å². The Balaban J connectivity index is 2.03. The van der Waals surface area contributed by atoms with Crippen molar-refractivity contribution >= 4 is 11.0 Å². The molecule has 4 aromatic rings. The fourth-order valence-corrected chi connectivity index (χ4v) is 3.96. The molecular formula is C25H24FN3O3. The van der Waals surface area contributed by atoms with Crippen molar-refractivity contribution in [1.82, 2.24) is 14.1 Å². The van der Waals surface area contributed by atoms with Gasteiger partial charge in [-0.15, -0.1) is 0 Å². The molecule has 0 unspecified atom stereocenters. The van der Waals surface area contributed by atoms with Crippen LogP contribution in [0.5, 0.6) is 0 Å². The number of aromatic nitrogens is 3. The van der Waals surface area contributed by atoms with Gasteiger partial charge in [-0.2, -0.15) is 0 Å². The van der Waals surface area contributed by atoms with Gasteiger partial charge in [-0.25, -0.2) is 14.2 Å². The van der Waals surface area contributed by atoms with Gasteiger partial charge in [0.15, 0.2) is 0 Å². The Morgan fingerprint density at radius 1 is 1.06 bits per heavy atom. The lowest BCUT2D eigenvalue weighted by Crippen LogP contribution is -2.40. The van der Waals surface area contributed by atoms with Gasteiger partial charge in [0, 0.05) is 39.1 Å². The first-order chi connectivity index (χ1) is 15.5. The Kier molecular flexibility index (Phi) is 6.28. The summed E-state index contributed by atoms with van der Waals surface area (Å²) >= 11 is 0. The molecule has 0 fully saturated rings. The average Bonchev–Trinajstić information content (AvgIpc) is 2.80. The molecule has 0 radical (unpaired) electrons. The fraction of sp³-hybridized carbons (Fsp3) is 0.240. The molecule has 0 aliphatic heterocycles. The van der Waals surface area contributed by atoms with E-state index < -0.39 is 11.2 Å². The van der Waals surface area contributed by atoms with E-state index in [1.165, 1.54) is 21.3 Å². The predicted molar refractivity (Wildman–Crippen MR) is 122 cm³/mol. The zero-order valence-electron chi connectivity index (χ0n) is 18.0. The Morgan fingerprint density at radius 2 is 1.84 bits per heavy atom. The van der Waals surface area contributed by atoms with E-state index in [1.54, 1.807) is 32.5 Å². The van der Waals surface area contributed by atoms with Crippen LogP contribution in [0.25, 0.3) is 22.2 Å². The minimum Gasteiger partial charge on any atom is -0.385 e. The van der Waals surface area contributed by atoms with E-state index in [1.807, 2.05) is 30.3 Å². The summed E-state index contributed by atoms with van der Waals surface area (Å²) in [6, 6.07) is 16.0. The fourth-order valence-electron chi connectivity index (χ4n) is 3.96. The molecule has 2 aromatic carbocycles. The SMILES string of the molecule is COCCCn1c(=O)c2c(Cc3ccccc3)c(-c3cccc(F)c3)cnc2n(C)c1=O. The molecule has 0 aliphatic carbocycles. The molecule has 0 atom stereocenters. The van der Waals surface area contributed by atoms with E-state index in [0.717, 1.165) is 5.56 Å². The molecule has 6 nitrogen and oxygen atoms in total. The van der Waals surface area contributed by atoms with Gasteiger partial charge in [0.25, 0.3) is 5.56 Å². The molecule has 0 saturated heterocycles. The number of ether oxygens (including phenoxy) is 1. The van der Waals surface area contributed by atoms with Crippen molar-refractivity contribution in [2.24, 2.45) is 7.05 Å². The topological polar surface area (TPSA) is 66.1 Å². The summed E-state index contributed by atoms with van der Waals surface area (Å²) in [5.74, 6) is -0.370. The van der Waals surface area contributed by atoms with E-state index in [2.05, 4.69) is 4.98 Å². The van der Waals surface area contributed by atoms with Crippen LogP contribution in [0.4, 0.5) is 4.39 Å². The number of aryl methyl sites for hydroxylation is 1. The first-order valence-corrected chi connectivity index (χ1v) is 10.4. The quantitative estimate of drug-likeness (QED) is 0.418. The summed E-state index contributed by atoms with van der Waals surface area (Å²) < 4.78 is 21.7. The molecule has 32 heavy (non-hydrogen) atoms. The van der Waals surface area contributed by atoms with Gasteiger partial charge in [-0.1, -0.05) is 42.5 Å². The Labute approximate surface area is 184 Å². The highest BCUT2D eigenvalue weighted by Crippen LogP contribution is 2.29. The third kappa shape index (κ3) is 4.11. The zero-order valence-corrected chi connectivity index (χ0v) is 18.0. The van der Waals surface area contributed by atoms with Gasteiger partial charge in [0.1, 0.15) is 11.5 Å². The number of pyridine rings is 1. The summed E-state index contributed by atoms with van der Waals surface area (Å²) in [5.41, 5.74) is 2.51. The third-order valence-electron chi connectivity index (χ3n) is 5.55. The van der Waals surface area contributed by atoms with E-state index in [4.69, 9.17) is 4.74 Å². The largest absolute Gasteiger partial charge is 0.385 e. The highest BCUT2D eigenvalue weighted by atomic mass is 19.1. The molecule has 2 heterocycles. The minimum absolute atomic E-state index is 0.240. The molecule has 0 saturated carbocycles. The van der Waals surface area contributed by atoms with Crippen molar-refractivity contribution in [3.05, 3.63) is 98.6 Å². The molecule has 0 spiro atoms. The van der Waals surface area contributed by atoms with Crippen LogP contribution in [-0.4, -0.2) is 27.8 Å². The van der Waals surface area contributed by atoms with Crippen LogP contribution >= 0.6 is 0 Å². The normalized spacial score (nSPS) is 11.2. The van der Waals surface area contributed by atoms with E-state index in [0.29, 0.717) is 47.2 Å². The van der Waals surface area contributed by atoms with Gasteiger partial charge in [0.05, 0.1) is 5.39 Å². The number of benzene rings is 2. The Bertz CT molecular complexity index is 1380. The second-order valence-corrected chi connectivity index (χ2v) is 7.67. The lowest BCUT2D eigenvalue weighted by atomic mass is 9.94. The number of hydrogen-bond acceptors (Lipinski definition) is 4. The van der Waals surface area contributed by atoms with E-state index in [9.17, 15) is 14.0 Å². The molecule has 0 aliphatic rings. The van der Waals surface area contributed by atoms with Gasteiger partial charge in [-0.05, 0) is 41.7 Å². The van der Waals surface area contributed by atoms with Crippen molar-refractivity contribution < 1.29 is 9.13 Å². The number of hydrogen-bond donors (Lipinski definition) is 0. The molecule has 0 bridgehead atoms. The maximum Gasteiger partial charge on any atom is 0.332 e. The number of fused-ring (bicyclic) bond motifs is 1. The zero-order chi connectivity index (χ0) is 22.7. The Hall–Kier alpha value is -3.58. The standard InChI is InChI=1S/C25H24FN3O3/c1-28-23-22(24(30)29(25(28)31)12-7-13-32-2)20(14-17-8-4-3-5-9-17)21(16-27-23)18-10-6-11-19(26)15-18/h3-6,8-11,15-16H,7,12-14H2,1-2H3. The number of nitrogens with zero attached hydrogens (tertiary/aromatic N) is 3. The second kappa shape index (κ2) is 9.28. The molecule has 7 heteroatoms. The number of rotatable bonds is 7. The average molecular weight is 433 g/mol. The third-order valence-corrected chi connectivity index (χ3v) is 5.55. The van der Waals surface area contributed by atoms with Gasteiger partial charge in [-0.3, -0.25) is 13.9 Å².